The molecule has 2 aromatic rings. The van der Waals surface area contributed by atoms with E-state index in [0.717, 1.165) is 12.1 Å². The van der Waals surface area contributed by atoms with Crippen molar-refractivity contribution in [2.75, 3.05) is 13.1 Å². The van der Waals surface area contributed by atoms with Gasteiger partial charge in [-0.2, -0.15) is 18.3 Å². The van der Waals surface area contributed by atoms with Gasteiger partial charge >= 0.3 is 12.1 Å². The Balaban J connectivity index is 1.87. The normalized spacial score (nSPS) is 17.8. The number of hydrogen-bond donors (Lipinski definition) is 1. The summed E-state index contributed by atoms with van der Waals surface area (Å²) in [7, 11) is 0. The molecule has 1 aliphatic rings. The number of benzene rings is 1. The third-order valence-corrected chi connectivity index (χ3v) is 4.72. The molecule has 1 atom stereocenters. The molecule has 9 heteroatoms. The highest BCUT2D eigenvalue weighted by molar-refractivity contribution is 5.95. The van der Waals surface area contributed by atoms with E-state index in [4.69, 9.17) is 5.11 Å². The zero-order valence-corrected chi connectivity index (χ0v) is 14.5. The van der Waals surface area contributed by atoms with Gasteiger partial charge < -0.3 is 10.0 Å². The number of likely N-dealkylation sites (tertiary alicyclic amines) is 1. The van der Waals surface area contributed by atoms with E-state index < -0.39 is 23.6 Å². The van der Waals surface area contributed by atoms with Crippen molar-refractivity contribution in [3.8, 4) is 5.69 Å². The number of hydrogen-bond acceptors (Lipinski definition) is 3. The number of carbonyl (C=O) groups is 2. The fraction of sp³-hybridized carbons (Fsp3) is 0.389. The standard InChI is InChI=1S/C18H18F3N3O3/c1-11-15(16(25)23-7-3-4-12(10-23)17(26)27)9-22-24(11)14-6-2-5-13(8-14)18(19,20)21/h2,5-6,8-9,12H,3-4,7,10H2,1H3,(H,26,27)/t12-/m0/s1. The van der Waals surface area contributed by atoms with E-state index in [1.54, 1.807) is 6.92 Å². The summed E-state index contributed by atoms with van der Waals surface area (Å²) in [6.45, 7) is 2.15. The van der Waals surface area contributed by atoms with Gasteiger partial charge in [0.05, 0.1) is 34.6 Å². The number of rotatable bonds is 3. The molecule has 1 saturated heterocycles. The lowest BCUT2D eigenvalue weighted by molar-refractivity contribution is -0.143. The van der Waals surface area contributed by atoms with Crippen LogP contribution in [0.5, 0.6) is 0 Å². The molecule has 0 spiro atoms. The quantitative estimate of drug-likeness (QED) is 0.886. The molecule has 144 valence electrons. The van der Waals surface area contributed by atoms with Crippen molar-refractivity contribution in [2.24, 2.45) is 5.92 Å². The second-order valence-corrected chi connectivity index (χ2v) is 6.53. The zero-order valence-electron chi connectivity index (χ0n) is 14.5. The molecule has 3 rings (SSSR count). The lowest BCUT2D eigenvalue weighted by Gasteiger charge is -2.30. The number of nitrogens with zero attached hydrogens (tertiary/aromatic N) is 3. The first-order valence-corrected chi connectivity index (χ1v) is 8.43. The number of alkyl halides is 3. The van der Waals surface area contributed by atoms with Crippen LogP contribution in [0.25, 0.3) is 5.69 Å². The number of piperidine rings is 1. The molecular weight excluding hydrogens is 363 g/mol. The average molecular weight is 381 g/mol. The number of aromatic nitrogens is 2. The van der Waals surface area contributed by atoms with Crippen LogP contribution in [0.1, 0.15) is 34.5 Å². The molecule has 0 saturated carbocycles. The van der Waals surface area contributed by atoms with Gasteiger partial charge in [-0.1, -0.05) is 6.07 Å². The smallest absolute Gasteiger partial charge is 0.416 e. The lowest BCUT2D eigenvalue weighted by Crippen LogP contribution is -2.42. The van der Waals surface area contributed by atoms with Crippen LogP contribution in [0.15, 0.2) is 30.5 Å². The van der Waals surface area contributed by atoms with Crippen molar-refractivity contribution in [3.05, 3.63) is 47.3 Å². The van der Waals surface area contributed by atoms with Gasteiger partial charge in [0.2, 0.25) is 0 Å². The van der Waals surface area contributed by atoms with E-state index in [0.29, 0.717) is 25.1 Å². The Morgan fingerprint density at radius 3 is 2.70 bits per heavy atom. The molecule has 1 fully saturated rings. The van der Waals surface area contributed by atoms with Gasteiger partial charge in [0.1, 0.15) is 0 Å². The third kappa shape index (κ3) is 3.81. The minimum atomic E-state index is -4.48. The average Bonchev–Trinajstić information content (AvgIpc) is 3.02. The molecule has 1 N–H and O–H groups in total. The van der Waals surface area contributed by atoms with Gasteiger partial charge in [-0.15, -0.1) is 0 Å². The Kier molecular flexibility index (Phi) is 4.95. The van der Waals surface area contributed by atoms with Crippen LogP contribution in [-0.2, 0) is 11.0 Å². The first kappa shape index (κ1) is 18.9. The molecular formula is C18H18F3N3O3. The predicted octanol–water partition coefficient (Wildman–Crippen LogP) is 3.14. The minimum Gasteiger partial charge on any atom is -0.481 e. The highest BCUT2D eigenvalue weighted by Gasteiger charge is 2.32. The Morgan fingerprint density at radius 1 is 1.30 bits per heavy atom. The Labute approximate surface area is 153 Å². The summed E-state index contributed by atoms with van der Waals surface area (Å²) in [6.07, 6.45) is -2.07. The second kappa shape index (κ2) is 7.05. The molecule has 1 aromatic carbocycles. The topological polar surface area (TPSA) is 75.4 Å². The van der Waals surface area contributed by atoms with E-state index in [1.165, 1.54) is 27.9 Å². The number of carboxylic acids is 1. The van der Waals surface area contributed by atoms with Crippen LogP contribution in [0.3, 0.4) is 0 Å². The Morgan fingerprint density at radius 2 is 2.04 bits per heavy atom. The van der Waals surface area contributed by atoms with E-state index in [2.05, 4.69) is 5.10 Å². The number of carbonyl (C=O) groups excluding carboxylic acids is 1. The second-order valence-electron chi connectivity index (χ2n) is 6.53. The predicted molar refractivity (Wildman–Crippen MR) is 89.6 cm³/mol. The van der Waals surface area contributed by atoms with Gasteiger partial charge in [-0.25, -0.2) is 4.68 Å². The summed E-state index contributed by atoms with van der Waals surface area (Å²) in [5.74, 6) is -1.91. The van der Waals surface area contributed by atoms with Gasteiger partial charge in [0.25, 0.3) is 5.91 Å². The van der Waals surface area contributed by atoms with Crippen LogP contribution in [0.4, 0.5) is 13.2 Å². The minimum absolute atomic E-state index is 0.113. The van der Waals surface area contributed by atoms with E-state index in [9.17, 15) is 22.8 Å². The maximum Gasteiger partial charge on any atom is 0.416 e. The third-order valence-electron chi connectivity index (χ3n) is 4.72. The van der Waals surface area contributed by atoms with Crippen LogP contribution < -0.4 is 0 Å². The number of carboxylic acid groups (broad SMARTS) is 1. The molecule has 0 aliphatic carbocycles. The van der Waals surface area contributed by atoms with Gasteiger partial charge in [-0.05, 0) is 38.0 Å². The van der Waals surface area contributed by atoms with Crippen LogP contribution in [-0.4, -0.2) is 44.8 Å². The first-order chi connectivity index (χ1) is 12.7. The first-order valence-electron chi connectivity index (χ1n) is 8.43. The van der Waals surface area contributed by atoms with Crippen molar-refractivity contribution in [3.63, 3.8) is 0 Å². The van der Waals surface area contributed by atoms with E-state index in [1.807, 2.05) is 0 Å². The molecule has 6 nitrogen and oxygen atoms in total. The van der Waals surface area contributed by atoms with Crippen LogP contribution in [0, 0.1) is 12.8 Å². The molecule has 0 radical (unpaired) electrons. The van der Waals surface area contributed by atoms with Crippen molar-refractivity contribution < 1.29 is 27.9 Å². The fourth-order valence-electron chi connectivity index (χ4n) is 3.23. The lowest BCUT2D eigenvalue weighted by atomic mass is 9.98. The SMILES string of the molecule is Cc1c(C(=O)N2CCC[C@H](C(=O)O)C2)cnn1-c1cccc(C(F)(F)F)c1. The van der Waals surface area contributed by atoms with Gasteiger partial charge in [0, 0.05) is 13.1 Å². The van der Waals surface area contributed by atoms with E-state index >= 15 is 0 Å². The largest absolute Gasteiger partial charge is 0.481 e. The monoisotopic (exact) mass is 381 g/mol. The fourth-order valence-corrected chi connectivity index (χ4v) is 3.23. The molecule has 0 unspecified atom stereocenters. The summed E-state index contributed by atoms with van der Waals surface area (Å²) in [5.41, 5.74) is 0.0433. The van der Waals surface area contributed by atoms with Gasteiger partial charge in [-0.3, -0.25) is 9.59 Å². The molecule has 2 heterocycles. The molecule has 1 aliphatic heterocycles. The summed E-state index contributed by atoms with van der Waals surface area (Å²) in [4.78, 5) is 25.4. The summed E-state index contributed by atoms with van der Waals surface area (Å²) < 4.78 is 40.1. The highest BCUT2D eigenvalue weighted by atomic mass is 19.4. The highest BCUT2D eigenvalue weighted by Crippen LogP contribution is 2.30. The molecule has 1 aromatic heterocycles. The van der Waals surface area contributed by atoms with E-state index in [-0.39, 0.29) is 23.7 Å². The summed E-state index contributed by atoms with van der Waals surface area (Å²) in [5, 5.41) is 13.2. The Bertz CT molecular complexity index is 876. The number of halogens is 3. The van der Waals surface area contributed by atoms with Crippen LogP contribution in [0.2, 0.25) is 0 Å². The number of aliphatic carboxylic acids is 1. The molecule has 1 amide bonds. The maximum atomic E-state index is 12.9. The van der Waals surface area contributed by atoms with Crippen molar-refractivity contribution in [1.82, 2.24) is 14.7 Å². The van der Waals surface area contributed by atoms with Crippen LogP contribution >= 0.6 is 0 Å². The number of amides is 1. The molecule has 0 bridgehead atoms. The van der Waals surface area contributed by atoms with Gasteiger partial charge in [0.15, 0.2) is 0 Å². The summed E-state index contributed by atoms with van der Waals surface area (Å²) in [6, 6.07) is 4.69. The zero-order chi connectivity index (χ0) is 19.8. The van der Waals surface area contributed by atoms with Crippen molar-refractivity contribution in [1.29, 1.82) is 0 Å². The Hall–Kier alpha value is -2.84. The maximum absolute atomic E-state index is 12.9. The summed E-state index contributed by atoms with van der Waals surface area (Å²) >= 11 is 0. The molecule has 27 heavy (non-hydrogen) atoms. The van der Waals surface area contributed by atoms with Crippen molar-refractivity contribution in [2.45, 2.75) is 25.9 Å². The van der Waals surface area contributed by atoms with Crippen molar-refractivity contribution >= 4 is 11.9 Å².